The van der Waals surface area contributed by atoms with Crippen LogP contribution < -0.4 is 11.3 Å². The first-order chi connectivity index (χ1) is 8.09. The molecular formula is C10H13N3O4. The number of carbonyl (C=O) groups is 2. The van der Waals surface area contributed by atoms with Crippen LogP contribution in [0.25, 0.3) is 0 Å². The summed E-state index contributed by atoms with van der Waals surface area (Å²) >= 11 is 0. The molecule has 0 bridgehead atoms. The monoisotopic (exact) mass is 239 g/mol. The van der Waals surface area contributed by atoms with Crippen LogP contribution in [0.5, 0.6) is 0 Å². The number of nitrogens with one attached hydrogen (secondary N) is 1. The van der Waals surface area contributed by atoms with Crippen molar-refractivity contribution in [3.8, 4) is 0 Å². The predicted octanol–water partition coefficient (Wildman–Crippen LogP) is 0.482. The Morgan fingerprint density at radius 3 is 2.59 bits per heavy atom. The predicted molar refractivity (Wildman–Crippen MR) is 57.6 cm³/mol. The molecule has 2 amide bonds. The first kappa shape index (κ1) is 12.9. The van der Waals surface area contributed by atoms with Crippen molar-refractivity contribution in [1.82, 2.24) is 10.7 Å². The molecule has 0 aromatic heterocycles. The van der Waals surface area contributed by atoms with Crippen molar-refractivity contribution in [3.63, 3.8) is 0 Å². The van der Waals surface area contributed by atoms with Gasteiger partial charge in [-0.25, -0.2) is 10.6 Å². The van der Waals surface area contributed by atoms with Crippen LogP contribution in [0.1, 0.15) is 12.5 Å². The lowest BCUT2D eigenvalue weighted by molar-refractivity contribution is -0.208. The highest BCUT2D eigenvalue weighted by Gasteiger charge is 2.07. The van der Waals surface area contributed by atoms with Crippen LogP contribution >= 0.6 is 0 Å². The molecule has 0 fully saturated rings. The second-order valence-electron chi connectivity index (χ2n) is 3.10. The van der Waals surface area contributed by atoms with E-state index in [4.69, 9.17) is 10.6 Å². The van der Waals surface area contributed by atoms with Crippen LogP contribution in [0.3, 0.4) is 0 Å². The minimum atomic E-state index is -0.842. The van der Waals surface area contributed by atoms with Crippen LogP contribution in [0.4, 0.5) is 4.79 Å². The Morgan fingerprint density at radius 2 is 2.00 bits per heavy atom. The van der Waals surface area contributed by atoms with Gasteiger partial charge in [-0.2, -0.15) is 5.48 Å². The van der Waals surface area contributed by atoms with E-state index in [1.54, 1.807) is 12.1 Å². The number of nitrogens with zero attached hydrogens (tertiary/aromatic N) is 1. The molecule has 0 aliphatic rings. The maximum absolute atomic E-state index is 11.1. The van der Waals surface area contributed by atoms with E-state index in [0.29, 0.717) is 5.17 Å². The minimum Gasteiger partial charge on any atom is -0.443 e. The molecule has 17 heavy (non-hydrogen) atoms. The van der Waals surface area contributed by atoms with Gasteiger partial charge >= 0.3 is 6.09 Å². The van der Waals surface area contributed by atoms with Gasteiger partial charge in [-0.3, -0.25) is 4.79 Å². The van der Waals surface area contributed by atoms with E-state index in [1.807, 2.05) is 23.7 Å². The number of nitrogens with two attached hydrogens (primary N) is 1. The summed E-state index contributed by atoms with van der Waals surface area (Å²) in [5.74, 6) is 4.50. The molecule has 0 saturated carbocycles. The summed E-state index contributed by atoms with van der Waals surface area (Å²) in [6, 6.07) is 9.11. The lowest BCUT2D eigenvalue weighted by atomic mass is 10.2. The smallest absolute Gasteiger partial charge is 0.433 e. The molecule has 0 heterocycles. The summed E-state index contributed by atoms with van der Waals surface area (Å²) < 4.78 is 4.79. The number of benzene rings is 1. The fourth-order valence-electron chi connectivity index (χ4n) is 0.903. The lowest BCUT2D eigenvalue weighted by Gasteiger charge is -2.13. The number of rotatable bonds is 4. The normalized spacial score (nSPS) is 9.53. The average molecular weight is 239 g/mol. The molecule has 7 heteroatoms. The van der Waals surface area contributed by atoms with Gasteiger partial charge in [0.1, 0.15) is 6.61 Å². The molecule has 0 atom stereocenters. The van der Waals surface area contributed by atoms with Crippen molar-refractivity contribution < 1.29 is 19.3 Å². The Balaban J connectivity index is 2.24. The number of hydrogen-bond donors (Lipinski definition) is 2. The standard InChI is InChI=1S/C10H13N3O4/c1-8(14)13(11)17-12-10(15)16-7-9-5-3-2-4-6-9/h2-6H,7,11H2,1H3,(H,12,15). The lowest BCUT2D eigenvalue weighted by Crippen LogP contribution is -2.42. The van der Waals surface area contributed by atoms with E-state index in [0.717, 1.165) is 5.56 Å². The molecule has 1 aromatic rings. The van der Waals surface area contributed by atoms with Crippen LogP contribution in [0.2, 0.25) is 0 Å². The minimum absolute atomic E-state index is 0.0979. The first-order valence-electron chi connectivity index (χ1n) is 4.78. The van der Waals surface area contributed by atoms with Crippen LogP contribution in [-0.2, 0) is 21.1 Å². The molecule has 0 aliphatic heterocycles. The Labute approximate surface area is 98.0 Å². The van der Waals surface area contributed by atoms with Gasteiger partial charge in [-0.05, 0) is 5.56 Å². The van der Waals surface area contributed by atoms with E-state index in [-0.39, 0.29) is 6.61 Å². The maximum atomic E-state index is 11.1. The molecular weight excluding hydrogens is 226 g/mol. The molecule has 0 aliphatic carbocycles. The Hall–Kier alpha value is -2.12. The molecule has 1 aromatic carbocycles. The van der Waals surface area contributed by atoms with Gasteiger partial charge in [0, 0.05) is 6.92 Å². The van der Waals surface area contributed by atoms with Gasteiger partial charge in [0.25, 0.3) is 5.91 Å². The number of carbonyl (C=O) groups excluding carboxylic acids is 2. The summed E-state index contributed by atoms with van der Waals surface area (Å²) in [5, 5.41) is 0.379. The Bertz CT molecular complexity index is 382. The van der Waals surface area contributed by atoms with Crippen molar-refractivity contribution in [3.05, 3.63) is 35.9 Å². The zero-order valence-electron chi connectivity index (χ0n) is 9.25. The zero-order valence-corrected chi connectivity index (χ0v) is 9.25. The number of ether oxygens (including phenoxy) is 1. The van der Waals surface area contributed by atoms with Crippen LogP contribution in [0.15, 0.2) is 30.3 Å². The Morgan fingerprint density at radius 1 is 1.35 bits per heavy atom. The highest BCUT2D eigenvalue weighted by Crippen LogP contribution is 2.00. The summed E-state index contributed by atoms with van der Waals surface area (Å²) in [5.41, 5.74) is 2.69. The van der Waals surface area contributed by atoms with Gasteiger partial charge in [-0.1, -0.05) is 30.3 Å². The summed E-state index contributed by atoms with van der Waals surface area (Å²) in [7, 11) is 0. The fraction of sp³-hybridized carbons (Fsp3) is 0.200. The maximum Gasteiger partial charge on any atom is 0.433 e. The third-order valence-electron chi connectivity index (χ3n) is 1.75. The molecule has 3 N–H and O–H groups in total. The molecule has 0 radical (unpaired) electrons. The average Bonchev–Trinajstić information content (AvgIpc) is 2.34. The largest absolute Gasteiger partial charge is 0.443 e. The highest BCUT2D eigenvalue weighted by atomic mass is 16.9. The first-order valence-corrected chi connectivity index (χ1v) is 4.78. The van der Waals surface area contributed by atoms with Crippen molar-refractivity contribution >= 4 is 12.0 Å². The second-order valence-corrected chi connectivity index (χ2v) is 3.10. The van der Waals surface area contributed by atoms with Crippen molar-refractivity contribution in [2.45, 2.75) is 13.5 Å². The molecule has 92 valence electrons. The Kier molecular flexibility index (Phi) is 4.92. The van der Waals surface area contributed by atoms with E-state index >= 15 is 0 Å². The molecule has 1 rings (SSSR count). The summed E-state index contributed by atoms with van der Waals surface area (Å²) in [6.07, 6.45) is -0.842. The molecule has 0 spiro atoms. The van der Waals surface area contributed by atoms with E-state index in [1.165, 1.54) is 6.92 Å². The number of amides is 2. The van der Waals surface area contributed by atoms with Crippen LogP contribution in [-0.4, -0.2) is 17.2 Å². The summed E-state index contributed by atoms with van der Waals surface area (Å²) in [4.78, 5) is 26.1. The summed E-state index contributed by atoms with van der Waals surface area (Å²) in [6.45, 7) is 1.28. The van der Waals surface area contributed by atoms with Crippen molar-refractivity contribution in [1.29, 1.82) is 0 Å². The topological polar surface area (TPSA) is 93.9 Å². The van der Waals surface area contributed by atoms with Crippen molar-refractivity contribution in [2.24, 2.45) is 5.84 Å². The molecule has 0 unspecified atom stereocenters. The van der Waals surface area contributed by atoms with Gasteiger partial charge < -0.3 is 4.74 Å². The number of hydrazine groups is 1. The van der Waals surface area contributed by atoms with Crippen molar-refractivity contribution in [2.75, 3.05) is 0 Å². The third kappa shape index (κ3) is 4.96. The zero-order chi connectivity index (χ0) is 12.7. The van der Waals surface area contributed by atoms with E-state index in [9.17, 15) is 9.59 Å². The van der Waals surface area contributed by atoms with E-state index in [2.05, 4.69) is 4.94 Å². The van der Waals surface area contributed by atoms with Gasteiger partial charge in [0.2, 0.25) is 0 Å². The second kappa shape index (κ2) is 6.46. The molecule has 7 nitrogen and oxygen atoms in total. The number of hydrogen-bond acceptors (Lipinski definition) is 5. The highest BCUT2D eigenvalue weighted by molar-refractivity contribution is 5.71. The van der Waals surface area contributed by atoms with Gasteiger partial charge in [0.05, 0.1) is 0 Å². The fourth-order valence-corrected chi connectivity index (χ4v) is 0.903. The van der Waals surface area contributed by atoms with Crippen LogP contribution in [0, 0.1) is 0 Å². The number of hydroxylamine groups is 2. The van der Waals surface area contributed by atoms with Gasteiger partial charge in [-0.15, -0.1) is 10.1 Å². The molecule has 0 saturated heterocycles. The quantitative estimate of drug-likeness (QED) is 0.453. The third-order valence-corrected chi connectivity index (χ3v) is 1.75. The van der Waals surface area contributed by atoms with E-state index < -0.39 is 12.0 Å². The van der Waals surface area contributed by atoms with Gasteiger partial charge in [0.15, 0.2) is 0 Å². The SMILES string of the molecule is CC(=O)N(N)ONC(=O)OCc1ccccc1.